The maximum Gasteiger partial charge on any atom is 0.329 e. The van der Waals surface area contributed by atoms with Crippen LogP contribution < -0.4 is 0 Å². The van der Waals surface area contributed by atoms with Crippen molar-refractivity contribution in [2.75, 3.05) is 7.05 Å². The van der Waals surface area contributed by atoms with Gasteiger partial charge in [0.15, 0.2) is 0 Å². The van der Waals surface area contributed by atoms with Crippen LogP contribution in [0.25, 0.3) is 0 Å². The molecular formula is C16H23NO3S. The van der Waals surface area contributed by atoms with Crippen LogP contribution in [-0.2, 0) is 17.6 Å². The van der Waals surface area contributed by atoms with Crippen LogP contribution in [0.4, 0.5) is 0 Å². The number of likely N-dealkylation sites (N-methyl/N-ethyl adjacent to an activating group) is 1. The topological polar surface area (TPSA) is 57.6 Å². The summed E-state index contributed by atoms with van der Waals surface area (Å²) in [5.41, 5.74) is 0.0830. The molecule has 0 fully saturated rings. The minimum Gasteiger partial charge on any atom is -0.480 e. The first-order chi connectivity index (χ1) is 9.84. The van der Waals surface area contributed by atoms with E-state index in [1.807, 2.05) is 6.07 Å². The highest BCUT2D eigenvalue weighted by Crippen LogP contribution is 2.30. The largest absolute Gasteiger partial charge is 0.480 e. The molecule has 21 heavy (non-hydrogen) atoms. The highest BCUT2D eigenvalue weighted by Gasteiger charge is 2.36. The summed E-state index contributed by atoms with van der Waals surface area (Å²) in [4.78, 5) is 27.2. The second-order valence-electron chi connectivity index (χ2n) is 6.20. The Bertz CT molecular complexity index is 522. The molecule has 2 rings (SSSR count). The first-order valence-electron chi connectivity index (χ1n) is 7.47. The molecule has 0 atom stereocenters. The standard InChI is InChI=1S/C16H23NO3S/c1-16(2,15(19)20)17(3)14(18)13-10-11-8-6-4-5-7-9-12(11)21-13/h10H,4-9H2,1-3H3,(H,19,20). The summed E-state index contributed by atoms with van der Waals surface area (Å²) in [7, 11) is 1.56. The van der Waals surface area contributed by atoms with Gasteiger partial charge in [-0.15, -0.1) is 11.3 Å². The van der Waals surface area contributed by atoms with E-state index in [1.165, 1.54) is 52.4 Å². The molecule has 1 N–H and O–H groups in total. The van der Waals surface area contributed by atoms with Gasteiger partial charge in [0.25, 0.3) is 5.91 Å². The van der Waals surface area contributed by atoms with Crippen molar-refractivity contribution in [2.24, 2.45) is 0 Å². The van der Waals surface area contributed by atoms with Gasteiger partial charge in [-0.3, -0.25) is 4.79 Å². The molecule has 116 valence electrons. The van der Waals surface area contributed by atoms with Crippen LogP contribution in [0, 0.1) is 0 Å². The van der Waals surface area contributed by atoms with Crippen LogP contribution >= 0.6 is 11.3 Å². The molecule has 0 spiro atoms. The fourth-order valence-electron chi connectivity index (χ4n) is 2.51. The zero-order chi connectivity index (χ0) is 15.6. The molecule has 5 heteroatoms. The number of hydrogen-bond acceptors (Lipinski definition) is 3. The fourth-order valence-corrected chi connectivity index (χ4v) is 3.74. The van der Waals surface area contributed by atoms with Gasteiger partial charge in [-0.2, -0.15) is 0 Å². The number of aliphatic carboxylic acids is 1. The molecule has 0 radical (unpaired) electrons. The van der Waals surface area contributed by atoms with Gasteiger partial charge in [-0.25, -0.2) is 4.79 Å². The van der Waals surface area contributed by atoms with Gasteiger partial charge >= 0.3 is 5.97 Å². The lowest BCUT2D eigenvalue weighted by atomic mass is 9.99. The van der Waals surface area contributed by atoms with E-state index in [-0.39, 0.29) is 5.91 Å². The van der Waals surface area contributed by atoms with Crippen molar-refractivity contribution in [3.63, 3.8) is 0 Å². The van der Waals surface area contributed by atoms with Gasteiger partial charge in [0.2, 0.25) is 0 Å². The molecule has 1 aliphatic carbocycles. The molecule has 1 aromatic rings. The van der Waals surface area contributed by atoms with E-state index in [0.717, 1.165) is 12.8 Å². The number of carboxylic acids is 1. The van der Waals surface area contributed by atoms with Gasteiger partial charge in [-0.05, 0) is 51.2 Å². The lowest BCUT2D eigenvalue weighted by Gasteiger charge is -2.31. The van der Waals surface area contributed by atoms with Crippen molar-refractivity contribution >= 4 is 23.2 Å². The van der Waals surface area contributed by atoms with E-state index < -0.39 is 11.5 Å². The van der Waals surface area contributed by atoms with Gasteiger partial charge in [0.05, 0.1) is 4.88 Å². The highest BCUT2D eigenvalue weighted by molar-refractivity contribution is 7.14. The van der Waals surface area contributed by atoms with Crippen LogP contribution in [0.2, 0.25) is 0 Å². The molecule has 0 bridgehead atoms. The predicted octanol–water partition coefficient (Wildman–Crippen LogP) is 3.34. The van der Waals surface area contributed by atoms with Crippen LogP contribution in [0.5, 0.6) is 0 Å². The zero-order valence-corrected chi connectivity index (χ0v) is 13.8. The molecule has 0 aliphatic heterocycles. The lowest BCUT2D eigenvalue weighted by Crippen LogP contribution is -2.50. The van der Waals surface area contributed by atoms with Crippen molar-refractivity contribution in [1.29, 1.82) is 0 Å². The summed E-state index contributed by atoms with van der Waals surface area (Å²) in [6.45, 7) is 3.10. The number of fused-ring (bicyclic) bond motifs is 1. The Labute approximate surface area is 129 Å². The van der Waals surface area contributed by atoms with E-state index in [9.17, 15) is 14.7 Å². The Morgan fingerprint density at radius 1 is 1.19 bits per heavy atom. The first kappa shape index (κ1) is 16.0. The minimum absolute atomic E-state index is 0.195. The van der Waals surface area contributed by atoms with Gasteiger partial charge < -0.3 is 10.0 Å². The number of thiophene rings is 1. The molecule has 0 aromatic carbocycles. The van der Waals surface area contributed by atoms with Crippen molar-refractivity contribution in [1.82, 2.24) is 4.90 Å². The number of rotatable bonds is 3. The molecule has 1 amide bonds. The lowest BCUT2D eigenvalue weighted by molar-refractivity contribution is -0.147. The maximum absolute atomic E-state index is 12.6. The Balaban J connectivity index is 2.24. The smallest absolute Gasteiger partial charge is 0.329 e. The van der Waals surface area contributed by atoms with Gasteiger partial charge in [0, 0.05) is 11.9 Å². The number of nitrogens with zero attached hydrogens (tertiary/aromatic N) is 1. The van der Waals surface area contributed by atoms with E-state index >= 15 is 0 Å². The number of carbonyl (C=O) groups excluding carboxylic acids is 1. The maximum atomic E-state index is 12.6. The third-order valence-corrected chi connectivity index (χ3v) is 5.60. The Kier molecular flexibility index (Phi) is 4.71. The van der Waals surface area contributed by atoms with Crippen LogP contribution in [0.3, 0.4) is 0 Å². The van der Waals surface area contributed by atoms with Crippen molar-refractivity contribution in [3.8, 4) is 0 Å². The zero-order valence-electron chi connectivity index (χ0n) is 12.9. The fraction of sp³-hybridized carbons (Fsp3) is 0.625. The normalized spacial score (nSPS) is 15.8. The first-order valence-corrected chi connectivity index (χ1v) is 8.29. The van der Waals surface area contributed by atoms with Crippen LogP contribution in [0.15, 0.2) is 6.07 Å². The summed E-state index contributed by atoms with van der Waals surface area (Å²) in [5, 5.41) is 9.25. The molecule has 1 aliphatic rings. The summed E-state index contributed by atoms with van der Waals surface area (Å²) >= 11 is 1.54. The Morgan fingerprint density at radius 3 is 2.43 bits per heavy atom. The summed E-state index contributed by atoms with van der Waals surface area (Å²) in [6.07, 6.45) is 6.94. The average molecular weight is 309 g/mol. The second kappa shape index (κ2) is 6.18. The number of amides is 1. The molecular weight excluding hydrogens is 286 g/mol. The Morgan fingerprint density at radius 2 is 1.81 bits per heavy atom. The molecule has 0 saturated heterocycles. The average Bonchev–Trinajstić information content (AvgIpc) is 2.79. The van der Waals surface area contributed by atoms with Gasteiger partial charge in [0.1, 0.15) is 5.54 Å². The monoisotopic (exact) mass is 309 g/mol. The number of aryl methyl sites for hydroxylation is 2. The molecule has 0 saturated carbocycles. The van der Waals surface area contributed by atoms with E-state index in [1.54, 1.807) is 20.9 Å². The third kappa shape index (κ3) is 3.28. The van der Waals surface area contributed by atoms with Crippen molar-refractivity contribution in [3.05, 3.63) is 21.4 Å². The summed E-state index contributed by atoms with van der Waals surface area (Å²) in [6, 6.07) is 1.97. The highest BCUT2D eigenvalue weighted by atomic mass is 32.1. The van der Waals surface area contributed by atoms with Crippen LogP contribution in [0.1, 0.15) is 59.6 Å². The Hall–Kier alpha value is -1.36. The molecule has 1 heterocycles. The van der Waals surface area contributed by atoms with Crippen LogP contribution in [-0.4, -0.2) is 34.5 Å². The van der Waals surface area contributed by atoms with Gasteiger partial charge in [-0.1, -0.05) is 12.8 Å². The summed E-state index contributed by atoms with van der Waals surface area (Å²) < 4.78 is 0. The third-order valence-electron chi connectivity index (χ3n) is 4.37. The summed E-state index contributed by atoms with van der Waals surface area (Å²) in [5.74, 6) is -1.19. The second-order valence-corrected chi connectivity index (χ2v) is 7.34. The predicted molar refractivity (Wildman–Crippen MR) is 84.0 cm³/mol. The molecule has 0 unspecified atom stereocenters. The number of carbonyl (C=O) groups is 2. The van der Waals surface area contributed by atoms with E-state index in [2.05, 4.69) is 0 Å². The minimum atomic E-state index is -1.20. The molecule has 1 aromatic heterocycles. The van der Waals surface area contributed by atoms with Crippen molar-refractivity contribution < 1.29 is 14.7 Å². The van der Waals surface area contributed by atoms with E-state index in [0.29, 0.717) is 4.88 Å². The quantitative estimate of drug-likeness (QED) is 0.931. The molecule has 4 nitrogen and oxygen atoms in total. The van der Waals surface area contributed by atoms with E-state index in [4.69, 9.17) is 0 Å². The number of carboxylic acid groups (broad SMARTS) is 1. The van der Waals surface area contributed by atoms with Crippen molar-refractivity contribution in [2.45, 2.75) is 57.9 Å². The SMILES string of the molecule is CN(C(=O)c1cc2c(s1)CCCCCC2)C(C)(C)C(=O)O. The number of hydrogen-bond donors (Lipinski definition) is 1.